The molecule has 0 aliphatic heterocycles. The van der Waals surface area contributed by atoms with Crippen LogP contribution in [0.4, 0.5) is 5.69 Å². The molecule has 0 saturated heterocycles. The topological polar surface area (TPSA) is 75.6 Å². The first-order valence-corrected chi connectivity index (χ1v) is 6.97. The van der Waals surface area contributed by atoms with E-state index in [9.17, 15) is 9.59 Å². The van der Waals surface area contributed by atoms with Crippen molar-refractivity contribution >= 4 is 23.6 Å². The summed E-state index contributed by atoms with van der Waals surface area (Å²) in [7, 11) is 1.56. The van der Waals surface area contributed by atoms with E-state index in [1.54, 1.807) is 31.4 Å². The lowest BCUT2D eigenvalue weighted by molar-refractivity contribution is -0.111. The van der Waals surface area contributed by atoms with E-state index < -0.39 is 11.9 Å². The third-order valence-electron chi connectivity index (χ3n) is 3.22. The average molecular weight is 311 g/mol. The van der Waals surface area contributed by atoms with Crippen LogP contribution in [0.1, 0.15) is 21.5 Å². The van der Waals surface area contributed by atoms with Crippen LogP contribution in [0, 0.1) is 6.92 Å². The van der Waals surface area contributed by atoms with Gasteiger partial charge in [0.2, 0.25) is 5.91 Å². The Morgan fingerprint density at radius 1 is 1.17 bits per heavy atom. The summed E-state index contributed by atoms with van der Waals surface area (Å²) in [6.07, 6.45) is 2.96. The van der Waals surface area contributed by atoms with Crippen molar-refractivity contribution in [1.29, 1.82) is 0 Å². The van der Waals surface area contributed by atoms with Crippen molar-refractivity contribution in [2.45, 2.75) is 6.92 Å². The molecule has 23 heavy (non-hydrogen) atoms. The van der Waals surface area contributed by atoms with Gasteiger partial charge >= 0.3 is 5.97 Å². The first-order chi connectivity index (χ1) is 11.0. The molecule has 2 aromatic rings. The van der Waals surface area contributed by atoms with Crippen LogP contribution in [-0.2, 0) is 4.79 Å². The molecule has 2 rings (SSSR count). The number of para-hydroxylation sites is 1. The SMILES string of the molecule is COc1cc(C)ccc1C=CC(=O)Nc1ccccc1C(=O)O. The molecule has 0 saturated carbocycles. The second-order valence-electron chi connectivity index (χ2n) is 4.92. The highest BCUT2D eigenvalue weighted by Gasteiger charge is 2.10. The fraction of sp³-hybridized carbons (Fsp3) is 0.111. The van der Waals surface area contributed by atoms with Crippen LogP contribution < -0.4 is 10.1 Å². The van der Waals surface area contributed by atoms with E-state index in [-0.39, 0.29) is 11.3 Å². The number of carboxylic acids is 1. The maximum atomic E-state index is 12.0. The zero-order valence-corrected chi connectivity index (χ0v) is 12.9. The fourth-order valence-electron chi connectivity index (χ4n) is 2.07. The number of anilines is 1. The largest absolute Gasteiger partial charge is 0.496 e. The van der Waals surface area contributed by atoms with Crippen LogP contribution in [0.5, 0.6) is 5.75 Å². The van der Waals surface area contributed by atoms with Crippen LogP contribution in [0.15, 0.2) is 48.5 Å². The van der Waals surface area contributed by atoms with Crippen LogP contribution in [0.2, 0.25) is 0 Å². The lowest BCUT2D eigenvalue weighted by atomic mass is 10.1. The van der Waals surface area contributed by atoms with Gasteiger partial charge in [0, 0.05) is 11.6 Å². The second kappa shape index (κ2) is 7.26. The maximum absolute atomic E-state index is 12.0. The molecular formula is C18H17NO4. The average Bonchev–Trinajstić information content (AvgIpc) is 2.53. The second-order valence-corrected chi connectivity index (χ2v) is 4.92. The summed E-state index contributed by atoms with van der Waals surface area (Å²) in [6.45, 7) is 1.95. The molecule has 0 radical (unpaired) electrons. The zero-order valence-electron chi connectivity index (χ0n) is 12.9. The molecule has 0 spiro atoms. The van der Waals surface area contributed by atoms with Crippen LogP contribution in [0.3, 0.4) is 0 Å². The molecule has 0 aliphatic rings. The molecule has 5 nitrogen and oxygen atoms in total. The Labute approximate surface area is 134 Å². The molecule has 0 aliphatic carbocycles. The van der Waals surface area contributed by atoms with Crippen LogP contribution >= 0.6 is 0 Å². The van der Waals surface area contributed by atoms with Gasteiger partial charge in [0.15, 0.2) is 0 Å². The number of rotatable bonds is 5. The van der Waals surface area contributed by atoms with E-state index in [1.165, 1.54) is 12.1 Å². The van der Waals surface area contributed by atoms with E-state index in [0.717, 1.165) is 11.1 Å². The smallest absolute Gasteiger partial charge is 0.337 e. The number of hydrogen-bond donors (Lipinski definition) is 2. The highest BCUT2D eigenvalue weighted by molar-refractivity contribution is 6.06. The number of methoxy groups -OCH3 is 1. The van der Waals surface area contributed by atoms with Crippen molar-refractivity contribution in [1.82, 2.24) is 0 Å². The van der Waals surface area contributed by atoms with Crippen molar-refractivity contribution in [2.75, 3.05) is 12.4 Å². The quantitative estimate of drug-likeness (QED) is 0.830. The molecular weight excluding hydrogens is 294 g/mol. The number of aromatic carboxylic acids is 1. The number of nitrogens with one attached hydrogen (secondary N) is 1. The molecule has 0 atom stereocenters. The van der Waals surface area contributed by atoms with Crippen molar-refractivity contribution in [3.8, 4) is 5.75 Å². The van der Waals surface area contributed by atoms with Crippen molar-refractivity contribution in [3.05, 3.63) is 65.2 Å². The first-order valence-electron chi connectivity index (χ1n) is 6.97. The van der Waals surface area contributed by atoms with E-state index in [1.807, 2.05) is 25.1 Å². The van der Waals surface area contributed by atoms with Gasteiger partial charge in [-0.25, -0.2) is 4.79 Å². The minimum absolute atomic E-state index is 0.0437. The van der Waals surface area contributed by atoms with Gasteiger partial charge in [-0.05, 0) is 36.8 Å². The third kappa shape index (κ3) is 4.20. The zero-order chi connectivity index (χ0) is 16.8. The Morgan fingerprint density at radius 2 is 1.91 bits per heavy atom. The van der Waals surface area contributed by atoms with Crippen LogP contribution in [0.25, 0.3) is 6.08 Å². The molecule has 118 valence electrons. The van der Waals surface area contributed by atoms with Crippen LogP contribution in [-0.4, -0.2) is 24.1 Å². The Morgan fingerprint density at radius 3 is 2.61 bits per heavy atom. The van der Waals surface area contributed by atoms with Gasteiger partial charge in [0.1, 0.15) is 5.75 Å². The number of ether oxygens (including phenoxy) is 1. The van der Waals surface area contributed by atoms with Gasteiger partial charge in [-0.2, -0.15) is 0 Å². The normalized spacial score (nSPS) is 10.5. The Bertz CT molecular complexity index is 765. The van der Waals surface area contributed by atoms with E-state index in [2.05, 4.69) is 5.32 Å². The number of aryl methyl sites for hydroxylation is 1. The predicted molar refractivity (Wildman–Crippen MR) is 88.8 cm³/mol. The van der Waals surface area contributed by atoms with E-state index in [0.29, 0.717) is 5.75 Å². The Kier molecular flexibility index (Phi) is 5.15. The summed E-state index contributed by atoms with van der Waals surface area (Å²) < 4.78 is 5.27. The number of hydrogen-bond acceptors (Lipinski definition) is 3. The number of benzene rings is 2. The maximum Gasteiger partial charge on any atom is 0.337 e. The first kappa shape index (κ1) is 16.3. The summed E-state index contributed by atoms with van der Waals surface area (Å²) in [5, 5.41) is 11.7. The number of amides is 1. The summed E-state index contributed by atoms with van der Waals surface area (Å²) in [5.41, 5.74) is 2.12. The Hall–Kier alpha value is -3.08. The van der Waals surface area contributed by atoms with Gasteiger partial charge in [-0.3, -0.25) is 4.79 Å². The number of carbonyl (C=O) groups excluding carboxylic acids is 1. The highest BCUT2D eigenvalue weighted by Crippen LogP contribution is 2.21. The molecule has 2 N–H and O–H groups in total. The van der Waals surface area contributed by atoms with Crippen molar-refractivity contribution in [3.63, 3.8) is 0 Å². The molecule has 5 heteroatoms. The highest BCUT2D eigenvalue weighted by atomic mass is 16.5. The number of carbonyl (C=O) groups is 2. The third-order valence-corrected chi connectivity index (χ3v) is 3.22. The minimum Gasteiger partial charge on any atom is -0.496 e. The molecule has 1 amide bonds. The molecule has 0 aromatic heterocycles. The summed E-state index contributed by atoms with van der Waals surface area (Å²) >= 11 is 0. The molecule has 2 aromatic carbocycles. The monoisotopic (exact) mass is 311 g/mol. The van der Waals surface area contributed by atoms with Gasteiger partial charge < -0.3 is 15.2 Å². The van der Waals surface area contributed by atoms with Gasteiger partial charge in [-0.1, -0.05) is 24.3 Å². The molecule has 0 unspecified atom stereocenters. The molecule has 0 heterocycles. The lowest BCUT2D eigenvalue weighted by Gasteiger charge is -2.07. The summed E-state index contributed by atoms with van der Waals surface area (Å²) in [6, 6.07) is 11.9. The standard InChI is InChI=1S/C18H17NO4/c1-12-7-8-13(16(11-12)23-2)9-10-17(20)19-15-6-4-3-5-14(15)18(21)22/h3-11H,1-2H3,(H,19,20)(H,21,22). The summed E-state index contributed by atoms with van der Waals surface area (Å²) in [5.74, 6) is -0.841. The van der Waals surface area contributed by atoms with E-state index >= 15 is 0 Å². The molecule has 0 bridgehead atoms. The van der Waals surface area contributed by atoms with Gasteiger partial charge in [0.25, 0.3) is 0 Å². The minimum atomic E-state index is -1.09. The number of carboxylic acid groups (broad SMARTS) is 1. The molecule has 0 fully saturated rings. The fourth-order valence-corrected chi connectivity index (χ4v) is 2.07. The van der Waals surface area contributed by atoms with Gasteiger partial charge in [0.05, 0.1) is 18.4 Å². The van der Waals surface area contributed by atoms with Crippen molar-refractivity contribution < 1.29 is 19.4 Å². The lowest BCUT2D eigenvalue weighted by Crippen LogP contribution is -2.11. The predicted octanol–water partition coefficient (Wildman–Crippen LogP) is 3.35. The van der Waals surface area contributed by atoms with E-state index in [4.69, 9.17) is 9.84 Å². The van der Waals surface area contributed by atoms with Gasteiger partial charge in [-0.15, -0.1) is 0 Å². The Balaban J connectivity index is 2.16. The summed E-state index contributed by atoms with van der Waals surface area (Å²) in [4.78, 5) is 23.1. The van der Waals surface area contributed by atoms with Crippen molar-refractivity contribution in [2.24, 2.45) is 0 Å².